The minimum Gasteiger partial charge on any atom is -0.423 e. The second-order valence-corrected chi connectivity index (χ2v) is 6.03. The highest BCUT2D eigenvalue weighted by Crippen LogP contribution is 2.24. The van der Waals surface area contributed by atoms with Crippen molar-refractivity contribution in [2.75, 3.05) is 18.0 Å². The molecule has 0 saturated carbocycles. The third-order valence-electron chi connectivity index (χ3n) is 4.24. The van der Waals surface area contributed by atoms with Gasteiger partial charge in [-0.3, -0.25) is 4.79 Å². The van der Waals surface area contributed by atoms with Crippen molar-refractivity contribution in [1.29, 1.82) is 0 Å². The Hall–Kier alpha value is -2.83. The predicted octanol–water partition coefficient (Wildman–Crippen LogP) is 2.52. The van der Waals surface area contributed by atoms with Crippen LogP contribution in [0.5, 0.6) is 0 Å². The van der Waals surface area contributed by atoms with Gasteiger partial charge in [0, 0.05) is 25.2 Å². The van der Waals surface area contributed by atoms with E-state index in [1.807, 2.05) is 24.3 Å². The quantitative estimate of drug-likeness (QED) is 0.796. The van der Waals surface area contributed by atoms with Gasteiger partial charge in [-0.05, 0) is 31.9 Å². The van der Waals surface area contributed by atoms with E-state index in [0.717, 1.165) is 37.0 Å². The summed E-state index contributed by atoms with van der Waals surface area (Å²) in [4.78, 5) is 18.7. The summed E-state index contributed by atoms with van der Waals surface area (Å²) in [6.45, 7) is 3.36. The molecule has 0 bridgehead atoms. The highest BCUT2D eigenvalue weighted by atomic mass is 16.5. The molecule has 2 aromatic heterocycles. The first-order chi connectivity index (χ1) is 11.7. The fraction of sp³-hybridized carbons (Fsp3) is 0.353. The van der Waals surface area contributed by atoms with E-state index in [2.05, 4.69) is 20.4 Å². The van der Waals surface area contributed by atoms with Crippen molar-refractivity contribution in [2.45, 2.75) is 25.8 Å². The van der Waals surface area contributed by atoms with Crippen LogP contribution in [0, 0.1) is 6.92 Å². The number of oxazole rings is 1. The van der Waals surface area contributed by atoms with Gasteiger partial charge >= 0.3 is 0 Å². The molecular weight excluding hydrogens is 308 g/mol. The summed E-state index contributed by atoms with van der Waals surface area (Å²) < 4.78 is 10.8. The molecule has 1 N–H and O–H groups in total. The minimum atomic E-state index is -0.212. The normalized spacial score (nSPS) is 15.8. The number of piperidine rings is 1. The smallest absolute Gasteiger partial charge is 0.298 e. The second kappa shape index (κ2) is 5.99. The Balaban J connectivity index is 1.37. The molecule has 7 heteroatoms. The number of aromatic nitrogens is 2. The molecule has 1 fully saturated rings. The molecule has 1 aromatic carbocycles. The Bertz CT molecular complexity index is 828. The van der Waals surface area contributed by atoms with E-state index in [4.69, 9.17) is 8.94 Å². The number of benzene rings is 1. The van der Waals surface area contributed by atoms with Gasteiger partial charge in [-0.2, -0.15) is 4.98 Å². The molecule has 7 nitrogen and oxygen atoms in total. The molecule has 0 aliphatic carbocycles. The SMILES string of the molecule is Cc1cc(C(=O)NC2CCN(c3nc4ccccc4o3)CC2)on1. The number of para-hydroxylation sites is 2. The number of anilines is 1. The van der Waals surface area contributed by atoms with Gasteiger partial charge in [0.05, 0.1) is 5.69 Å². The molecule has 3 aromatic rings. The van der Waals surface area contributed by atoms with Crippen molar-refractivity contribution in [3.8, 4) is 0 Å². The molecule has 1 aliphatic heterocycles. The van der Waals surface area contributed by atoms with Crippen molar-refractivity contribution >= 4 is 23.0 Å². The zero-order valence-corrected chi connectivity index (χ0v) is 13.4. The zero-order valence-electron chi connectivity index (χ0n) is 13.4. The number of hydrogen-bond donors (Lipinski definition) is 1. The summed E-state index contributed by atoms with van der Waals surface area (Å²) in [5, 5.41) is 6.74. The molecule has 124 valence electrons. The fourth-order valence-electron chi connectivity index (χ4n) is 2.94. The van der Waals surface area contributed by atoms with Gasteiger partial charge in [-0.15, -0.1) is 0 Å². The topological polar surface area (TPSA) is 84.4 Å². The maximum absolute atomic E-state index is 12.1. The van der Waals surface area contributed by atoms with Crippen LogP contribution in [0.25, 0.3) is 11.1 Å². The van der Waals surface area contributed by atoms with Crippen molar-refractivity contribution in [1.82, 2.24) is 15.5 Å². The summed E-state index contributed by atoms with van der Waals surface area (Å²) in [7, 11) is 0. The first kappa shape index (κ1) is 14.7. The van der Waals surface area contributed by atoms with E-state index in [1.54, 1.807) is 13.0 Å². The summed E-state index contributed by atoms with van der Waals surface area (Å²) in [6, 6.07) is 10.1. The Morgan fingerprint density at radius 1 is 1.29 bits per heavy atom. The monoisotopic (exact) mass is 326 g/mol. The zero-order chi connectivity index (χ0) is 16.5. The van der Waals surface area contributed by atoms with Crippen LogP contribution in [-0.2, 0) is 0 Å². The average molecular weight is 326 g/mol. The number of nitrogens with zero attached hydrogens (tertiary/aromatic N) is 3. The van der Waals surface area contributed by atoms with Gasteiger partial charge in [0.15, 0.2) is 5.58 Å². The van der Waals surface area contributed by atoms with Crippen molar-refractivity contribution < 1.29 is 13.7 Å². The third kappa shape index (κ3) is 2.84. The fourth-order valence-corrected chi connectivity index (χ4v) is 2.94. The molecule has 3 heterocycles. The summed E-state index contributed by atoms with van der Waals surface area (Å²) >= 11 is 0. The van der Waals surface area contributed by atoms with Crippen molar-refractivity contribution in [2.24, 2.45) is 0 Å². The standard InChI is InChI=1S/C17H18N4O3/c1-11-10-15(24-20-11)16(22)18-12-6-8-21(9-7-12)17-19-13-4-2-3-5-14(13)23-17/h2-5,10,12H,6-9H2,1H3,(H,18,22). The van der Waals surface area contributed by atoms with Gasteiger partial charge in [0.1, 0.15) is 5.52 Å². The maximum atomic E-state index is 12.1. The van der Waals surface area contributed by atoms with Gasteiger partial charge in [0.2, 0.25) is 5.76 Å². The van der Waals surface area contributed by atoms with Gasteiger partial charge in [0.25, 0.3) is 11.9 Å². The molecular formula is C17H18N4O3. The number of nitrogens with one attached hydrogen (secondary N) is 1. The number of fused-ring (bicyclic) bond motifs is 1. The van der Waals surface area contributed by atoms with E-state index in [9.17, 15) is 4.79 Å². The van der Waals surface area contributed by atoms with Crippen LogP contribution in [0.1, 0.15) is 29.1 Å². The molecule has 1 amide bonds. The Labute approximate surface area is 138 Å². The lowest BCUT2D eigenvalue weighted by Crippen LogP contribution is -2.44. The number of aryl methyl sites for hydroxylation is 1. The number of carbonyl (C=O) groups excluding carboxylic acids is 1. The van der Waals surface area contributed by atoms with Crippen molar-refractivity contribution in [3.63, 3.8) is 0 Å². The third-order valence-corrected chi connectivity index (χ3v) is 4.24. The van der Waals surface area contributed by atoms with E-state index in [0.29, 0.717) is 11.7 Å². The maximum Gasteiger partial charge on any atom is 0.298 e. The molecule has 1 aliphatic rings. The second-order valence-electron chi connectivity index (χ2n) is 6.03. The summed E-state index contributed by atoms with van der Waals surface area (Å²) in [5.41, 5.74) is 2.36. The first-order valence-corrected chi connectivity index (χ1v) is 8.04. The van der Waals surface area contributed by atoms with Gasteiger partial charge in [-0.1, -0.05) is 17.3 Å². The molecule has 1 saturated heterocycles. The lowest BCUT2D eigenvalue weighted by Gasteiger charge is -2.31. The van der Waals surface area contributed by atoms with Crippen LogP contribution in [-0.4, -0.2) is 35.2 Å². The van der Waals surface area contributed by atoms with E-state index in [1.165, 1.54) is 0 Å². The molecule has 4 rings (SSSR count). The Morgan fingerprint density at radius 3 is 2.79 bits per heavy atom. The van der Waals surface area contributed by atoms with Crippen LogP contribution in [0.4, 0.5) is 6.01 Å². The van der Waals surface area contributed by atoms with Crippen LogP contribution in [0.15, 0.2) is 39.3 Å². The van der Waals surface area contributed by atoms with E-state index < -0.39 is 0 Å². The van der Waals surface area contributed by atoms with Crippen LogP contribution < -0.4 is 10.2 Å². The molecule has 0 unspecified atom stereocenters. The molecule has 0 atom stereocenters. The van der Waals surface area contributed by atoms with E-state index in [-0.39, 0.29) is 17.7 Å². The van der Waals surface area contributed by atoms with Crippen LogP contribution in [0.3, 0.4) is 0 Å². The highest BCUT2D eigenvalue weighted by Gasteiger charge is 2.25. The Morgan fingerprint density at radius 2 is 2.08 bits per heavy atom. The van der Waals surface area contributed by atoms with Crippen molar-refractivity contribution in [3.05, 3.63) is 41.8 Å². The summed E-state index contributed by atoms with van der Waals surface area (Å²) in [5.74, 6) is 0.0461. The molecule has 0 radical (unpaired) electrons. The lowest BCUT2D eigenvalue weighted by atomic mass is 10.1. The largest absolute Gasteiger partial charge is 0.423 e. The number of hydrogen-bond acceptors (Lipinski definition) is 6. The van der Waals surface area contributed by atoms with Gasteiger partial charge in [-0.25, -0.2) is 0 Å². The summed E-state index contributed by atoms with van der Waals surface area (Å²) in [6.07, 6.45) is 1.66. The highest BCUT2D eigenvalue weighted by molar-refractivity contribution is 5.91. The lowest BCUT2D eigenvalue weighted by molar-refractivity contribution is 0.0893. The van der Waals surface area contributed by atoms with Gasteiger partial charge < -0.3 is 19.2 Å². The van der Waals surface area contributed by atoms with Crippen LogP contribution in [0.2, 0.25) is 0 Å². The molecule has 24 heavy (non-hydrogen) atoms. The molecule has 0 spiro atoms. The Kier molecular flexibility index (Phi) is 3.68. The number of rotatable bonds is 3. The van der Waals surface area contributed by atoms with E-state index >= 15 is 0 Å². The number of carbonyl (C=O) groups is 1. The predicted molar refractivity (Wildman–Crippen MR) is 88.0 cm³/mol. The van der Waals surface area contributed by atoms with Crippen LogP contribution >= 0.6 is 0 Å². The minimum absolute atomic E-state index is 0.114. The first-order valence-electron chi connectivity index (χ1n) is 8.04. The average Bonchev–Trinajstić information content (AvgIpc) is 3.21. The number of amides is 1.